The van der Waals surface area contributed by atoms with Crippen LogP contribution in [-0.4, -0.2) is 49.6 Å². The molecule has 2 heterocycles. The van der Waals surface area contributed by atoms with Crippen LogP contribution in [0.3, 0.4) is 0 Å². The van der Waals surface area contributed by atoms with Crippen LogP contribution in [0, 0.1) is 5.41 Å². The van der Waals surface area contributed by atoms with E-state index in [0.29, 0.717) is 0 Å². The minimum Gasteiger partial charge on any atom is -0.356 e. The third-order valence-electron chi connectivity index (χ3n) is 4.41. The molecule has 2 aliphatic rings. The lowest BCUT2D eigenvalue weighted by atomic mass is 9.77. The van der Waals surface area contributed by atoms with Gasteiger partial charge in [-0.3, -0.25) is 4.79 Å². The van der Waals surface area contributed by atoms with Gasteiger partial charge < -0.3 is 15.5 Å². The monoisotopic (exact) mass is 239 g/mol. The van der Waals surface area contributed by atoms with E-state index in [-0.39, 0.29) is 16.9 Å². The molecule has 0 bridgehead atoms. The Morgan fingerprint density at radius 2 is 2.06 bits per heavy atom. The van der Waals surface area contributed by atoms with Crippen LogP contribution in [0.1, 0.15) is 33.1 Å². The lowest BCUT2D eigenvalue weighted by molar-refractivity contribution is -0.119. The first-order valence-electron chi connectivity index (χ1n) is 6.63. The van der Waals surface area contributed by atoms with Gasteiger partial charge in [-0.25, -0.2) is 0 Å². The highest BCUT2D eigenvalue weighted by atomic mass is 16.1. The van der Waals surface area contributed by atoms with E-state index >= 15 is 0 Å². The van der Waals surface area contributed by atoms with E-state index in [1.165, 1.54) is 0 Å². The zero-order valence-electron chi connectivity index (χ0n) is 11.3. The van der Waals surface area contributed by atoms with Gasteiger partial charge in [0.1, 0.15) is 0 Å². The van der Waals surface area contributed by atoms with Crippen LogP contribution in [-0.2, 0) is 4.79 Å². The van der Waals surface area contributed by atoms with Crippen molar-refractivity contribution in [3.05, 3.63) is 0 Å². The molecule has 17 heavy (non-hydrogen) atoms. The molecule has 2 rings (SSSR count). The predicted molar refractivity (Wildman–Crippen MR) is 68.9 cm³/mol. The molecule has 98 valence electrons. The summed E-state index contributed by atoms with van der Waals surface area (Å²) in [6, 6.07) is 0. The van der Waals surface area contributed by atoms with Gasteiger partial charge in [0.15, 0.2) is 0 Å². The van der Waals surface area contributed by atoms with Crippen molar-refractivity contribution in [2.24, 2.45) is 5.41 Å². The van der Waals surface area contributed by atoms with Crippen molar-refractivity contribution in [1.82, 2.24) is 15.5 Å². The molecule has 0 aromatic carbocycles. The van der Waals surface area contributed by atoms with Crippen LogP contribution in [0.5, 0.6) is 0 Å². The first-order valence-corrected chi connectivity index (χ1v) is 6.63. The third kappa shape index (κ3) is 2.99. The number of nitrogens with zero attached hydrogens (tertiary/aromatic N) is 1. The number of carbonyl (C=O) groups is 1. The van der Waals surface area contributed by atoms with Gasteiger partial charge in [-0.05, 0) is 52.2 Å². The van der Waals surface area contributed by atoms with Crippen LogP contribution in [0.2, 0.25) is 0 Å². The van der Waals surface area contributed by atoms with E-state index in [1.54, 1.807) is 0 Å². The van der Waals surface area contributed by atoms with Crippen molar-refractivity contribution >= 4 is 5.91 Å². The Hall–Kier alpha value is -0.610. The number of piperidine rings is 1. The van der Waals surface area contributed by atoms with Crippen LogP contribution in [0.15, 0.2) is 0 Å². The average Bonchev–Trinajstić information content (AvgIpc) is 2.64. The van der Waals surface area contributed by atoms with Gasteiger partial charge in [0, 0.05) is 25.0 Å². The summed E-state index contributed by atoms with van der Waals surface area (Å²) in [7, 11) is 2.02. The van der Waals surface area contributed by atoms with E-state index in [0.717, 1.165) is 45.4 Å². The Bertz CT molecular complexity index is 293. The van der Waals surface area contributed by atoms with E-state index in [4.69, 9.17) is 0 Å². The molecule has 0 aromatic heterocycles. The number of rotatable bonds is 3. The van der Waals surface area contributed by atoms with Gasteiger partial charge in [0.05, 0.1) is 0 Å². The van der Waals surface area contributed by atoms with Gasteiger partial charge in [-0.2, -0.15) is 0 Å². The standard InChI is InChI=1S/C13H25N3O/c1-12(2,14-3)10-16-6-4-13(5-7-16)8-11(17)15-9-13/h14H,4-10H2,1-3H3,(H,15,17). The number of nitrogens with one attached hydrogen (secondary N) is 2. The molecule has 0 unspecified atom stereocenters. The van der Waals surface area contributed by atoms with Crippen molar-refractivity contribution in [3.63, 3.8) is 0 Å². The van der Waals surface area contributed by atoms with Crippen LogP contribution >= 0.6 is 0 Å². The molecule has 4 heteroatoms. The van der Waals surface area contributed by atoms with Crippen molar-refractivity contribution in [1.29, 1.82) is 0 Å². The summed E-state index contributed by atoms with van der Waals surface area (Å²) < 4.78 is 0. The Kier molecular flexibility index (Phi) is 3.46. The highest BCUT2D eigenvalue weighted by Gasteiger charge is 2.41. The van der Waals surface area contributed by atoms with Gasteiger partial charge in [0.25, 0.3) is 0 Å². The molecule has 0 atom stereocenters. The Balaban J connectivity index is 1.84. The quantitative estimate of drug-likeness (QED) is 0.757. The lowest BCUT2D eigenvalue weighted by Crippen LogP contribution is -2.51. The van der Waals surface area contributed by atoms with Gasteiger partial charge in [-0.1, -0.05) is 0 Å². The van der Waals surface area contributed by atoms with E-state index in [9.17, 15) is 4.79 Å². The second-order valence-electron chi connectivity index (χ2n) is 6.36. The number of likely N-dealkylation sites (tertiary alicyclic amines) is 1. The number of likely N-dealkylation sites (N-methyl/N-ethyl adjacent to an activating group) is 1. The van der Waals surface area contributed by atoms with Crippen molar-refractivity contribution in [2.45, 2.75) is 38.6 Å². The molecule has 2 saturated heterocycles. The summed E-state index contributed by atoms with van der Waals surface area (Å²) in [5.74, 6) is 0.244. The Labute approximate surface area is 104 Å². The zero-order valence-corrected chi connectivity index (χ0v) is 11.3. The number of hydrogen-bond donors (Lipinski definition) is 2. The van der Waals surface area contributed by atoms with Gasteiger partial charge in [0.2, 0.25) is 5.91 Å². The number of hydrogen-bond acceptors (Lipinski definition) is 3. The molecule has 2 fully saturated rings. The molecule has 1 amide bonds. The summed E-state index contributed by atoms with van der Waals surface area (Å²) >= 11 is 0. The minimum absolute atomic E-state index is 0.175. The molecule has 2 N–H and O–H groups in total. The maximum absolute atomic E-state index is 11.3. The average molecular weight is 239 g/mol. The maximum Gasteiger partial charge on any atom is 0.220 e. The Morgan fingerprint density at radius 3 is 2.53 bits per heavy atom. The fraction of sp³-hybridized carbons (Fsp3) is 0.923. The summed E-state index contributed by atoms with van der Waals surface area (Å²) in [4.78, 5) is 13.9. The summed E-state index contributed by atoms with van der Waals surface area (Å²) in [5, 5.41) is 6.33. The van der Waals surface area contributed by atoms with E-state index in [1.807, 2.05) is 7.05 Å². The normalized spacial score (nSPS) is 25.2. The van der Waals surface area contributed by atoms with Crippen molar-refractivity contribution in [3.8, 4) is 0 Å². The molecule has 4 nitrogen and oxygen atoms in total. The van der Waals surface area contributed by atoms with Gasteiger partial charge in [-0.15, -0.1) is 0 Å². The molecule has 0 aliphatic carbocycles. The molecule has 0 saturated carbocycles. The molecule has 1 spiro atoms. The number of amides is 1. The minimum atomic E-state index is 0.175. The second-order valence-corrected chi connectivity index (χ2v) is 6.36. The van der Waals surface area contributed by atoms with E-state index < -0.39 is 0 Å². The molecular formula is C13H25N3O. The summed E-state index contributed by atoms with van der Waals surface area (Å²) in [6.07, 6.45) is 3.06. The maximum atomic E-state index is 11.3. The van der Waals surface area contributed by atoms with Crippen molar-refractivity contribution < 1.29 is 4.79 Å². The molecular weight excluding hydrogens is 214 g/mol. The SMILES string of the molecule is CNC(C)(C)CN1CCC2(CC1)CNC(=O)C2. The first-order chi connectivity index (χ1) is 7.95. The molecule has 2 aliphatic heterocycles. The fourth-order valence-electron chi connectivity index (χ4n) is 2.93. The highest BCUT2D eigenvalue weighted by molar-refractivity contribution is 5.79. The van der Waals surface area contributed by atoms with E-state index in [2.05, 4.69) is 29.4 Å². The highest BCUT2D eigenvalue weighted by Crippen LogP contribution is 2.37. The third-order valence-corrected chi connectivity index (χ3v) is 4.41. The summed E-state index contributed by atoms with van der Waals surface area (Å²) in [6.45, 7) is 8.70. The topological polar surface area (TPSA) is 44.4 Å². The number of carbonyl (C=O) groups excluding carboxylic acids is 1. The summed E-state index contributed by atoms with van der Waals surface area (Å²) in [5.41, 5.74) is 0.450. The van der Waals surface area contributed by atoms with Crippen LogP contribution in [0.25, 0.3) is 0 Å². The Morgan fingerprint density at radius 1 is 1.41 bits per heavy atom. The second kappa shape index (κ2) is 4.58. The predicted octanol–water partition coefficient (Wildman–Crippen LogP) is 0.587. The fourth-order valence-corrected chi connectivity index (χ4v) is 2.93. The molecule has 0 aromatic rings. The van der Waals surface area contributed by atoms with Gasteiger partial charge >= 0.3 is 0 Å². The lowest BCUT2D eigenvalue weighted by Gasteiger charge is -2.41. The zero-order chi connectivity index (χ0) is 12.5. The first kappa shape index (κ1) is 12.8. The largest absolute Gasteiger partial charge is 0.356 e. The van der Waals surface area contributed by atoms with Crippen LogP contribution < -0.4 is 10.6 Å². The van der Waals surface area contributed by atoms with Crippen molar-refractivity contribution in [2.75, 3.05) is 33.2 Å². The smallest absolute Gasteiger partial charge is 0.220 e. The van der Waals surface area contributed by atoms with Crippen LogP contribution in [0.4, 0.5) is 0 Å². The molecule has 0 radical (unpaired) electrons.